The van der Waals surface area contributed by atoms with E-state index >= 15 is 0 Å². The summed E-state index contributed by atoms with van der Waals surface area (Å²) >= 11 is 0. The van der Waals surface area contributed by atoms with Gasteiger partial charge in [0, 0.05) is 19.1 Å². The molecule has 0 spiro atoms. The van der Waals surface area contributed by atoms with Crippen molar-refractivity contribution in [2.45, 2.75) is 76.7 Å². The summed E-state index contributed by atoms with van der Waals surface area (Å²) in [6.07, 6.45) is 13.9. The van der Waals surface area contributed by atoms with Gasteiger partial charge in [0.1, 0.15) is 0 Å². The monoisotopic (exact) mass is 267 g/mol. The van der Waals surface area contributed by atoms with Gasteiger partial charge in [0.05, 0.1) is 6.10 Å². The molecule has 0 aromatic carbocycles. The molecule has 2 rings (SSSR count). The van der Waals surface area contributed by atoms with Crippen molar-refractivity contribution in [2.75, 3.05) is 13.2 Å². The Morgan fingerprint density at radius 1 is 0.947 bits per heavy atom. The van der Waals surface area contributed by atoms with Crippen LogP contribution in [0.5, 0.6) is 0 Å². The average molecular weight is 267 g/mol. The molecule has 2 fully saturated rings. The summed E-state index contributed by atoms with van der Waals surface area (Å²) in [5, 5.41) is 3.07. The zero-order valence-corrected chi connectivity index (χ0v) is 12.2. The van der Waals surface area contributed by atoms with Crippen LogP contribution in [0.15, 0.2) is 0 Å². The van der Waals surface area contributed by atoms with E-state index in [0.717, 1.165) is 32.4 Å². The van der Waals surface area contributed by atoms with Crippen LogP contribution < -0.4 is 5.32 Å². The third-order valence-electron chi connectivity index (χ3n) is 4.50. The van der Waals surface area contributed by atoms with E-state index in [0.29, 0.717) is 6.10 Å². The van der Waals surface area contributed by atoms with Gasteiger partial charge in [-0.2, -0.15) is 0 Å². The number of nitrogens with one attached hydrogen (secondary N) is 1. The first-order valence-corrected chi connectivity index (χ1v) is 8.25. The van der Waals surface area contributed by atoms with Gasteiger partial charge in [0.15, 0.2) is 0 Å². The Morgan fingerprint density at radius 3 is 2.26 bits per heavy atom. The smallest absolute Gasteiger partial charge is 0.223 e. The van der Waals surface area contributed by atoms with Crippen LogP contribution in [-0.4, -0.2) is 25.2 Å². The standard InChI is InChI=1S/C16H29NO2/c18-16(14-8-3-1-4-9-14)17-12-7-13-19-15-10-5-2-6-11-15/h14-15H,1-13H2,(H,17,18). The second-order valence-electron chi connectivity index (χ2n) is 6.11. The number of carbonyl (C=O) groups is 1. The van der Waals surface area contributed by atoms with Gasteiger partial charge in [0.25, 0.3) is 0 Å². The highest BCUT2D eigenvalue weighted by Crippen LogP contribution is 2.23. The maximum Gasteiger partial charge on any atom is 0.223 e. The molecule has 19 heavy (non-hydrogen) atoms. The Kier molecular flexibility index (Phi) is 6.69. The first kappa shape index (κ1) is 14.8. The lowest BCUT2D eigenvalue weighted by Crippen LogP contribution is -2.33. The molecule has 0 radical (unpaired) electrons. The number of carbonyl (C=O) groups excluding carboxylic acids is 1. The van der Waals surface area contributed by atoms with Crippen molar-refractivity contribution >= 4 is 5.91 Å². The Balaban J connectivity index is 1.47. The molecule has 0 saturated heterocycles. The second kappa shape index (κ2) is 8.57. The van der Waals surface area contributed by atoms with Crippen molar-refractivity contribution in [2.24, 2.45) is 5.92 Å². The zero-order chi connectivity index (χ0) is 13.3. The van der Waals surface area contributed by atoms with E-state index in [1.54, 1.807) is 0 Å². The van der Waals surface area contributed by atoms with Crippen LogP contribution in [0.4, 0.5) is 0 Å². The molecule has 3 heteroatoms. The summed E-state index contributed by atoms with van der Waals surface area (Å²) in [6, 6.07) is 0. The molecular weight excluding hydrogens is 238 g/mol. The quantitative estimate of drug-likeness (QED) is 0.749. The van der Waals surface area contributed by atoms with E-state index in [-0.39, 0.29) is 11.8 Å². The van der Waals surface area contributed by atoms with Crippen molar-refractivity contribution < 1.29 is 9.53 Å². The van der Waals surface area contributed by atoms with E-state index in [4.69, 9.17) is 4.74 Å². The first-order chi connectivity index (χ1) is 9.36. The molecule has 3 nitrogen and oxygen atoms in total. The van der Waals surface area contributed by atoms with E-state index < -0.39 is 0 Å². The molecule has 0 bridgehead atoms. The maximum absolute atomic E-state index is 11.9. The van der Waals surface area contributed by atoms with Crippen LogP contribution in [-0.2, 0) is 9.53 Å². The summed E-state index contributed by atoms with van der Waals surface area (Å²) in [4.78, 5) is 11.9. The highest BCUT2D eigenvalue weighted by molar-refractivity contribution is 5.78. The van der Waals surface area contributed by atoms with Gasteiger partial charge in [-0.05, 0) is 32.1 Å². The predicted octanol–water partition coefficient (Wildman–Crippen LogP) is 3.42. The third kappa shape index (κ3) is 5.52. The number of hydrogen-bond acceptors (Lipinski definition) is 2. The number of hydrogen-bond donors (Lipinski definition) is 1. The summed E-state index contributed by atoms with van der Waals surface area (Å²) < 4.78 is 5.86. The fraction of sp³-hybridized carbons (Fsp3) is 0.938. The van der Waals surface area contributed by atoms with Crippen LogP contribution in [0, 0.1) is 5.92 Å². The summed E-state index contributed by atoms with van der Waals surface area (Å²) in [5.41, 5.74) is 0. The minimum Gasteiger partial charge on any atom is -0.378 e. The largest absolute Gasteiger partial charge is 0.378 e. The van der Waals surface area contributed by atoms with Crippen molar-refractivity contribution in [1.29, 1.82) is 0 Å². The molecule has 0 atom stereocenters. The number of amides is 1. The Morgan fingerprint density at radius 2 is 1.58 bits per heavy atom. The van der Waals surface area contributed by atoms with E-state index in [9.17, 15) is 4.79 Å². The Bertz CT molecular complexity index is 255. The van der Waals surface area contributed by atoms with Gasteiger partial charge >= 0.3 is 0 Å². The Hall–Kier alpha value is -0.570. The van der Waals surface area contributed by atoms with Gasteiger partial charge in [-0.1, -0.05) is 38.5 Å². The summed E-state index contributed by atoms with van der Waals surface area (Å²) in [7, 11) is 0. The minimum absolute atomic E-state index is 0.275. The van der Waals surface area contributed by atoms with E-state index in [1.165, 1.54) is 51.4 Å². The molecule has 1 N–H and O–H groups in total. The van der Waals surface area contributed by atoms with Crippen molar-refractivity contribution in [3.63, 3.8) is 0 Å². The number of rotatable bonds is 6. The highest BCUT2D eigenvalue weighted by atomic mass is 16.5. The van der Waals surface area contributed by atoms with Gasteiger partial charge in [-0.15, -0.1) is 0 Å². The lowest BCUT2D eigenvalue weighted by Gasteiger charge is -2.22. The first-order valence-electron chi connectivity index (χ1n) is 8.25. The van der Waals surface area contributed by atoms with Crippen molar-refractivity contribution in [3.05, 3.63) is 0 Å². The van der Waals surface area contributed by atoms with Crippen molar-refractivity contribution in [1.82, 2.24) is 5.32 Å². The van der Waals surface area contributed by atoms with Gasteiger partial charge in [0.2, 0.25) is 5.91 Å². The summed E-state index contributed by atoms with van der Waals surface area (Å²) in [5.74, 6) is 0.561. The summed E-state index contributed by atoms with van der Waals surface area (Å²) in [6.45, 7) is 1.58. The molecule has 2 saturated carbocycles. The molecule has 2 aliphatic carbocycles. The van der Waals surface area contributed by atoms with Crippen LogP contribution >= 0.6 is 0 Å². The van der Waals surface area contributed by atoms with Crippen LogP contribution in [0.3, 0.4) is 0 Å². The van der Waals surface area contributed by atoms with E-state index in [2.05, 4.69) is 5.32 Å². The fourth-order valence-electron chi connectivity index (χ4n) is 3.27. The van der Waals surface area contributed by atoms with Crippen LogP contribution in [0.1, 0.15) is 70.6 Å². The average Bonchev–Trinajstić information content (AvgIpc) is 2.49. The molecule has 0 unspecified atom stereocenters. The predicted molar refractivity (Wildman–Crippen MR) is 77.0 cm³/mol. The van der Waals surface area contributed by atoms with Crippen molar-refractivity contribution in [3.8, 4) is 0 Å². The molecular formula is C16H29NO2. The van der Waals surface area contributed by atoms with Crippen LogP contribution in [0.25, 0.3) is 0 Å². The zero-order valence-electron chi connectivity index (χ0n) is 12.2. The molecule has 0 heterocycles. The molecule has 1 amide bonds. The molecule has 2 aliphatic rings. The second-order valence-corrected chi connectivity index (χ2v) is 6.11. The Labute approximate surface area is 117 Å². The molecule has 0 aliphatic heterocycles. The normalized spacial score (nSPS) is 22.3. The SMILES string of the molecule is O=C(NCCCOC1CCCCC1)C1CCCCC1. The highest BCUT2D eigenvalue weighted by Gasteiger charge is 2.20. The molecule has 0 aromatic heterocycles. The lowest BCUT2D eigenvalue weighted by molar-refractivity contribution is -0.125. The van der Waals surface area contributed by atoms with Gasteiger partial charge < -0.3 is 10.1 Å². The molecule has 0 aromatic rings. The number of ether oxygens (including phenoxy) is 1. The molecule has 110 valence electrons. The van der Waals surface area contributed by atoms with E-state index in [1.807, 2.05) is 0 Å². The maximum atomic E-state index is 11.9. The van der Waals surface area contributed by atoms with Gasteiger partial charge in [-0.3, -0.25) is 4.79 Å². The topological polar surface area (TPSA) is 38.3 Å². The minimum atomic E-state index is 0.275. The van der Waals surface area contributed by atoms with Crippen LogP contribution in [0.2, 0.25) is 0 Å². The van der Waals surface area contributed by atoms with Gasteiger partial charge in [-0.25, -0.2) is 0 Å². The fourth-order valence-corrected chi connectivity index (χ4v) is 3.27. The lowest BCUT2D eigenvalue weighted by atomic mass is 9.89. The third-order valence-corrected chi connectivity index (χ3v) is 4.50.